The van der Waals surface area contributed by atoms with Gasteiger partial charge in [-0.3, -0.25) is 0 Å². The molecule has 0 N–H and O–H groups in total. The molecule has 0 fully saturated rings. The minimum atomic E-state index is 0.753. The standard InChI is InChI=1S/C14H15ClN2/c1-10-6-7-17-9-13(16-14(17)8-10)11-2-4-12(15)5-3-11/h2-5,9-10H,6-8H2,1H3. The second-order valence-corrected chi connectivity index (χ2v) is 5.28. The van der Waals surface area contributed by atoms with Gasteiger partial charge in [0.2, 0.25) is 0 Å². The molecule has 2 nitrogen and oxygen atoms in total. The van der Waals surface area contributed by atoms with E-state index in [9.17, 15) is 0 Å². The normalized spacial score (nSPS) is 19.1. The van der Waals surface area contributed by atoms with E-state index < -0.39 is 0 Å². The maximum absolute atomic E-state index is 5.89. The summed E-state index contributed by atoms with van der Waals surface area (Å²) in [6.45, 7) is 3.39. The number of nitrogens with zero attached hydrogens (tertiary/aromatic N) is 2. The first kappa shape index (κ1) is 10.8. The van der Waals surface area contributed by atoms with Gasteiger partial charge in [-0.25, -0.2) is 4.98 Å². The molecule has 1 aromatic heterocycles. The SMILES string of the molecule is CC1CCn2cc(-c3ccc(Cl)cc3)nc2C1. The molecule has 2 aromatic rings. The summed E-state index contributed by atoms with van der Waals surface area (Å²) in [6.07, 6.45) is 4.50. The first-order valence-corrected chi connectivity index (χ1v) is 6.42. The summed E-state index contributed by atoms with van der Waals surface area (Å²) in [5.41, 5.74) is 2.20. The Labute approximate surface area is 106 Å². The average Bonchev–Trinajstić information content (AvgIpc) is 2.72. The number of fused-ring (bicyclic) bond motifs is 1. The van der Waals surface area contributed by atoms with Crippen LogP contribution in [0.4, 0.5) is 0 Å². The lowest BCUT2D eigenvalue weighted by Crippen LogP contribution is -2.16. The fourth-order valence-electron chi connectivity index (χ4n) is 2.34. The number of benzene rings is 1. The lowest BCUT2D eigenvalue weighted by atomic mass is 10.0. The summed E-state index contributed by atoms with van der Waals surface area (Å²) in [5.74, 6) is 1.97. The van der Waals surface area contributed by atoms with Crippen LogP contribution in [-0.2, 0) is 13.0 Å². The highest BCUT2D eigenvalue weighted by Gasteiger charge is 2.17. The van der Waals surface area contributed by atoms with E-state index in [0.29, 0.717) is 0 Å². The highest BCUT2D eigenvalue weighted by atomic mass is 35.5. The first-order valence-electron chi connectivity index (χ1n) is 6.04. The average molecular weight is 247 g/mol. The molecule has 1 aliphatic heterocycles. The largest absolute Gasteiger partial charge is 0.334 e. The van der Waals surface area contributed by atoms with E-state index in [-0.39, 0.29) is 0 Å². The summed E-state index contributed by atoms with van der Waals surface area (Å²) in [6, 6.07) is 7.88. The van der Waals surface area contributed by atoms with E-state index in [4.69, 9.17) is 16.6 Å². The third-order valence-electron chi connectivity index (χ3n) is 3.39. The number of hydrogen-bond acceptors (Lipinski definition) is 1. The third kappa shape index (κ3) is 2.09. The van der Waals surface area contributed by atoms with Crippen molar-refractivity contribution in [2.45, 2.75) is 26.3 Å². The van der Waals surface area contributed by atoms with Crippen LogP contribution in [-0.4, -0.2) is 9.55 Å². The van der Waals surface area contributed by atoms with Gasteiger partial charge in [0.1, 0.15) is 5.82 Å². The summed E-state index contributed by atoms with van der Waals surface area (Å²) >= 11 is 5.89. The molecule has 88 valence electrons. The molecule has 1 unspecified atom stereocenters. The van der Waals surface area contributed by atoms with Crippen molar-refractivity contribution < 1.29 is 0 Å². The molecule has 1 atom stereocenters. The van der Waals surface area contributed by atoms with Crippen molar-refractivity contribution in [1.82, 2.24) is 9.55 Å². The zero-order valence-electron chi connectivity index (χ0n) is 9.86. The molecule has 0 aliphatic carbocycles. The van der Waals surface area contributed by atoms with Crippen molar-refractivity contribution in [2.24, 2.45) is 5.92 Å². The van der Waals surface area contributed by atoms with Gasteiger partial charge >= 0.3 is 0 Å². The molecular weight excluding hydrogens is 232 g/mol. The summed E-state index contributed by atoms with van der Waals surface area (Å²) in [4.78, 5) is 4.72. The molecule has 17 heavy (non-hydrogen) atoms. The maximum atomic E-state index is 5.89. The fourth-order valence-corrected chi connectivity index (χ4v) is 2.47. The van der Waals surface area contributed by atoms with Gasteiger partial charge in [0.25, 0.3) is 0 Å². The second-order valence-electron chi connectivity index (χ2n) is 4.84. The Bertz CT molecular complexity index is 528. The van der Waals surface area contributed by atoms with Gasteiger partial charge in [-0.15, -0.1) is 0 Å². The number of rotatable bonds is 1. The Balaban J connectivity index is 1.97. The van der Waals surface area contributed by atoms with Gasteiger partial charge in [0.15, 0.2) is 0 Å². The van der Waals surface area contributed by atoms with Gasteiger partial charge < -0.3 is 4.57 Å². The molecule has 1 aromatic carbocycles. The van der Waals surface area contributed by atoms with Crippen LogP contribution < -0.4 is 0 Å². The van der Waals surface area contributed by atoms with Crippen molar-refractivity contribution in [3.05, 3.63) is 41.3 Å². The zero-order valence-corrected chi connectivity index (χ0v) is 10.6. The van der Waals surface area contributed by atoms with E-state index in [1.54, 1.807) is 0 Å². The minimum absolute atomic E-state index is 0.753. The Morgan fingerprint density at radius 2 is 2.06 bits per heavy atom. The predicted octanol–water partition coefficient (Wildman–Crippen LogP) is 3.79. The van der Waals surface area contributed by atoms with Gasteiger partial charge in [-0.05, 0) is 24.5 Å². The van der Waals surface area contributed by atoms with E-state index in [2.05, 4.69) is 17.7 Å². The van der Waals surface area contributed by atoms with Crippen LogP contribution >= 0.6 is 11.6 Å². The van der Waals surface area contributed by atoms with Crippen LogP contribution in [0.15, 0.2) is 30.5 Å². The molecule has 0 saturated carbocycles. The van der Waals surface area contributed by atoms with Gasteiger partial charge in [0, 0.05) is 29.7 Å². The second kappa shape index (κ2) is 4.19. The Kier molecular flexibility index (Phi) is 2.67. The van der Waals surface area contributed by atoms with Crippen LogP contribution in [0.5, 0.6) is 0 Å². The fraction of sp³-hybridized carbons (Fsp3) is 0.357. The monoisotopic (exact) mass is 246 g/mol. The Morgan fingerprint density at radius 3 is 2.82 bits per heavy atom. The van der Waals surface area contributed by atoms with Crippen LogP contribution in [0.2, 0.25) is 5.02 Å². The molecule has 0 radical (unpaired) electrons. The molecular formula is C14H15ClN2. The lowest BCUT2D eigenvalue weighted by molar-refractivity contribution is 0.409. The van der Waals surface area contributed by atoms with Crippen LogP contribution in [0.3, 0.4) is 0 Å². The maximum Gasteiger partial charge on any atom is 0.109 e. The van der Waals surface area contributed by atoms with E-state index in [0.717, 1.165) is 35.2 Å². The number of hydrogen-bond donors (Lipinski definition) is 0. The highest BCUT2D eigenvalue weighted by molar-refractivity contribution is 6.30. The number of imidazole rings is 1. The van der Waals surface area contributed by atoms with Crippen LogP contribution in [0.1, 0.15) is 19.2 Å². The van der Waals surface area contributed by atoms with Crippen molar-refractivity contribution in [1.29, 1.82) is 0 Å². The molecule has 0 spiro atoms. The molecule has 0 bridgehead atoms. The van der Waals surface area contributed by atoms with Crippen molar-refractivity contribution in [2.75, 3.05) is 0 Å². The molecule has 0 amide bonds. The topological polar surface area (TPSA) is 17.8 Å². The summed E-state index contributed by atoms with van der Waals surface area (Å²) < 4.78 is 2.28. The van der Waals surface area contributed by atoms with E-state index in [1.807, 2.05) is 24.3 Å². The third-order valence-corrected chi connectivity index (χ3v) is 3.64. The van der Waals surface area contributed by atoms with Crippen LogP contribution in [0.25, 0.3) is 11.3 Å². The Hall–Kier alpha value is -1.28. The molecule has 0 saturated heterocycles. The van der Waals surface area contributed by atoms with Crippen molar-refractivity contribution in [3.8, 4) is 11.3 Å². The molecule has 2 heterocycles. The van der Waals surface area contributed by atoms with Crippen molar-refractivity contribution in [3.63, 3.8) is 0 Å². The number of halogens is 1. The zero-order chi connectivity index (χ0) is 11.8. The minimum Gasteiger partial charge on any atom is -0.334 e. The van der Waals surface area contributed by atoms with E-state index in [1.165, 1.54) is 12.2 Å². The lowest BCUT2D eigenvalue weighted by Gasteiger charge is -2.18. The smallest absolute Gasteiger partial charge is 0.109 e. The predicted molar refractivity (Wildman–Crippen MR) is 70.2 cm³/mol. The highest BCUT2D eigenvalue weighted by Crippen LogP contribution is 2.25. The van der Waals surface area contributed by atoms with Gasteiger partial charge in [-0.2, -0.15) is 0 Å². The van der Waals surface area contributed by atoms with Gasteiger partial charge in [-0.1, -0.05) is 30.7 Å². The van der Waals surface area contributed by atoms with E-state index >= 15 is 0 Å². The van der Waals surface area contributed by atoms with Crippen LogP contribution in [0, 0.1) is 5.92 Å². The number of aromatic nitrogens is 2. The quantitative estimate of drug-likeness (QED) is 0.749. The molecule has 1 aliphatic rings. The number of aryl methyl sites for hydroxylation is 1. The first-order chi connectivity index (χ1) is 8.22. The Morgan fingerprint density at radius 1 is 1.29 bits per heavy atom. The molecule has 3 heteroatoms. The van der Waals surface area contributed by atoms with Gasteiger partial charge in [0.05, 0.1) is 5.69 Å². The molecule has 3 rings (SSSR count). The summed E-state index contributed by atoms with van der Waals surface area (Å²) in [7, 11) is 0. The van der Waals surface area contributed by atoms with Crippen molar-refractivity contribution >= 4 is 11.6 Å². The summed E-state index contributed by atoms with van der Waals surface area (Å²) in [5, 5.41) is 0.770.